The van der Waals surface area contributed by atoms with Crippen LogP contribution in [0.1, 0.15) is 34.2 Å². The molecule has 0 aliphatic carbocycles. The van der Waals surface area contributed by atoms with Crippen LogP contribution in [-0.2, 0) is 10.0 Å². The third kappa shape index (κ3) is 3.16. The molecule has 1 aromatic carbocycles. The fraction of sp³-hybridized carbons (Fsp3) is 0.571. The second-order valence-electron chi connectivity index (χ2n) is 4.93. The summed E-state index contributed by atoms with van der Waals surface area (Å²) in [6, 6.07) is 0. The van der Waals surface area contributed by atoms with Crippen molar-refractivity contribution in [3.63, 3.8) is 0 Å². The van der Waals surface area contributed by atoms with E-state index in [0.717, 1.165) is 27.8 Å². The molecule has 0 saturated heterocycles. The van der Waals surface area contributed by atoms with E-state index in [1.807, 2.05) is 34.6 Å². The molecule has 0 amide bonds. The van der Waals surface area contributed by atoms with E-state index in [1.165, 1.54) is 0 Å². The smallest absolute Gasteiger partial charge is 0.241 e. The topological polar surface area (TPSA) is 66.4 Å². The van der Waals surface area contributed by atoms with Crippen molar-refractivity contribution in [1.82, 2.24) is 4.72 Å². The zero-order valence-electron chi connectivity index (χ0n) is 12.3. The van der Waals surface area contributed by atoms with Gasteiger partial charge in [-0.2, -0.15) is 0 Å². The van der Waals surface area contributed by atoms with Gasteiger partial charge in [0.05, 0.1) is 4.90 Å². The highest BCUT2D eigenvalue weighted by Crippen LogP contribution is 2.29. The van der Waals surface area contributed by atoms with E-state index >= 15 is 0 Å². The lowest BCUT2D eigenvalue weighted by Gasteiger charge is -2.18. The molecule has 5 heteroatoms. The monoisotopic (exact) mass is 285 g/mol. The molecule has 1 rings (SSSR count). The summed E-state index contributed by atoms with van der Waals surface area (Å²) in [6.07, 6.45) is 0.418. The molecule has 0 aliphatic rings. The molecule has 0 saturated carbocycles. The van der Waals surface area contributed by atoms with Crippen LogP contribution in [0.5, 0.6) is 0 Å². The Morgan fingerprint density at radius 3 is 1.74 bits per heavy atom. The van der Waals surface area contributed by atoms with Crippen molar-refractivity contribution in [3.05, 3.63) is 27.8 Å². The van der Waals surface area contributed by atoms with Crippen LogP contribution in [-0.4, -0.2) is 26.7 Å². The first-order valence-electron chi connectivity index (χ1n) is 6.41. The van der Waals surface area contributed by atoms with Gasteiger partial charge < -0.3 is 5.11 Å². The predicted molar refractivity (Wildman–Crippen MR) is 77.0 cm³/mol. The van der Waals surface area contributed by atoms with E-state index in [9.17, 15) is 8.42 Å². The first-order chi connectivity index (χ1) is 8.74. The Hall–Kier alpha value is -0.910. The van der Waals surface area contributed by atoms with Crippen molar-refractivity contribution in [1.29, 1.82) is 0 Å². The highest BCUT2D eigenvalue weighted by Gasteiger charge is 2.22. The first-order valence-corrected chi connectivity index (χ1v) is 7.89. The van der Waals surface area contributed by atoms with Gasteiger partial charge in [0.2, 0.25) is 10.0 Å². The maximum Gasteiger partial charge on any atom is 0.241 e. The van der Waals surface area contributed by atoms with Crippen molar-refractivity contribution < 1.29 is 13.5 Å². The minimum atomic E-state index is -3.52. The summed E-state index contributed by atoms with van der Waals surface area (Å²) in [5.41, 5.74) is 4.79. The zero-order valence-corrected chi connectivity index (χ0v) is 13.1. The van der Waals surface area contributed by atoms with Crippen LogP contribution in [0.25, 0.3) is 0 Å². The SMILES string of the molecule is Cc1c(C)c(C)c(S(=O)(=O)NCCCO)c(C)c1C. The molecule has 2 N–H and O–H groups in total. The number of sulfonamides is 1. The molecule has 0 bridgehead atoms. The second kappa shape index (κ2) is 6.03. The second-order valence-corrected chi connectivity index (χ2v) is 6.63. The summed E-state index contributed by atoms with van der Waals surface area (Å²) in [5.74, 6) is 0. The van der Waals surface area contributed by atoms with Crippen molar-refractivity contribution in [2.75, 3.05) is 13.2 Å². The summed E-state index contributed by atoms with van der Waals surface area (Å²) in [6.45, 7) is 9.83. The summed E-state index contributed by atoms with van der Waals surface area (Å²) >= 11 is 0. The van der Waals surface area contributed by atoms with Crippen LogP contribution in [0.4, 0.5) is 0 Å². The van der Waals surface area contributed by atoms with Crippen LogP contribution in [0, 0.1) is 34.6 Å². The molecule has 19 heavy (non-hydrogen) atoms. The maximum absolute atomic E-state index is 12.4. The van der Waals surface area contributed by atoms with Gasteiger partial charge in [-0.25, -0.2) is 13.1 Å². The highest BCUT2D eigenvalue weighted by molar-refractivity contribution is 7.89. The number of aliphatic hydroxyl groups excluding tert-OH is 1. The van der Waals surface area contributed by atoms with Gasteiger partial charge in [0, 0.05) is 13.2 Å². The van der Waals surface area contributed by atoms with Gasteiger partial charge in [-0.1, -0.05) is 0 Å². The van der Waals surface area contributed by atoms with Crippen molar-refractivity contribution >= 4 is 10.0 Å². The molecule has 0 heterocycles. The standard InChI is InChI=1S/C14H23NO3S/c1-9-10(2)12(4)14(13(5)11(9)3)19(17,18)15-7-6-8-16/h15-16H,6-8H2,1-5H3. The number of benzene rings is 1. The quantitative estimate of drug-likeness (QED) is 0.812. The van der Waals surface area contributed by atoms with Gasteiger partial charge >= 0.3 is 0 Å². The fourth-order valence-electron chi connectivity index (χ4n) is 2.23. The summed E-state index contributed by atoms with van der Waals surface area (Å²) < 4.78 is 27.3. The van der Waals surface area contributed by atoms with E-state index < -0.39 is 10.0 Å². The summed E-state index contributed by atoms with van der Waals surface area (Å²) in [5, 5.41) is 8.73. The van der Waals surface area contributed by atoms with Crippen molar-refractivity contribution in [3.8, 4) is 0 Å². The molecule has 0 fully saturated rings. The van der Waals surface area contributed by atoms with Crippen LogP contribution < -0.4 is 4.72 Å². The Bertz CT molecular complexity index is 548. The maximum atomic E-state index is 12.4. The fourth-order valence-corrected chi connectivity index (χ4v) is 3.90. The average molecular weight is 285 g/mol. The van der Waals surface area contributed by atoms with Crippen LogP contribution >= 0.6 is 0 Å². The molecule has 0 radical (unpaired) electrons. The molecule has 4 nitrogen and oxygen atoms in total. The van der Waals surface area contributed by atoms with Gasteiger partial charge in [0.1, 0.15) is 0 Å². The summed E-state index contributed by atoms with van der Waals surface area (Å²) in [7, 11) is -3.52. The Kier molecular flexibility index (Phi) is 5.12. The Morgan fingerprint density at radius 1 is 0.895 bits per heavy atom. The number of rotatable bonds is 5. The van der Waals surface area contributed by atoms with Crippen molar-refractivity contribution in [2.45, 2.75) is 45.9 Å². The number of aliphatic hydroxyl groups is 1. The van der Waals surface area contributed by atoms with Gasteiger partial charge in [-0.05, 0) is 68.9 Å². The molecule has 0 spiro atoms. The zero-order chi connectivity index (χ0) is 14.8. The molecule has 108 valence electrons. The highest BCUT2D eigenvalue weighted by atomic mass is 32.2. The molecular formula is C14H23NO3S. The lowest BCUT2D eigenvalue weighted by atomic mass is 9.95. The first kappa shape index (κ1) is 16.1. The minimum Gasteiger partial charge on any atom is -0.396 e. The van der Waals surface area contributed by atoms with E-state index in [1.54, 1.807) is 0 Å². The Balaban J connectivity index is 3.35. The number of hydrogen-bond acceptors (Lipinski definition) is 3. The van der Waals surface area contributed by atoms with E-state index in [-0.39, 0.29) is 13.2 Å². The van der Waals surface area contributed by atoms with Crippen LogP contribution in [0.2, 0.25) is 0 Å². The van der Waals surface area contributed by atoms with E-state index in [4.69, 9.17) is 5.11 Å². The third-order valence-corrected chi connectivity index (χ3v) is 5.56. The molecule has 0 atom stereocenters. The van der Waals surface area contributed by atoms with E-state index in [0.29, 0.717) is 11.3 Å². The molecule has 1 aromatic rings. The minimum absolute atomic E-state index is 0.0214. The van der Waals surface area contributed by atoms with Crippen molar-refractivity contribution in [2.24, 2.45) is 0 Å². The predicted octanol–water partition coefficient (Wildman–Crippen LogP) is 1.89. The van der Waals surface area contributed by atoms with Gasteiger partial charge in [0.25, 0.3) is 0 Å². The number of nitrogens with one attached hydrogen (secondary N) is 1. The molecule has 0 unspecified atom stereocenters. The lowest BCUT2D eigenvalue weighted by Crippen LogP contribution is -2.27. The number of hydrogen-bond donors (Lipinski definition) is 2. The van der Waals surface area contributed by atoms with Gasteiger partial charge in [-0.15, -0.1) is 0 Å². The lowest BCUT2D eigenvalue weighted by molar-refractivity contribution is 0.289. The van der Waals surface area contributed by atoms with Gasteiger partial charge in [-0.3, -0.25) is 0 Å². The third-order valence-electron chi connectivity index (χ3n) is 3.83. The molecule has 0 aromatic heterocycles. The van der Waals surface area contributed by atoms with Gasteiger partial charge in [0.15, 0.2) is 0 Å². The molecular weight excluding hydrogens is 262 g/mol. The van der Waals surface area contributed by atoms with Crippen LogP contribution in [0.3, 0.4) is 0 Å². The normalized spacial score (nSPS) is 11.9. The summed E-state index contributed by atoms with van der Waals surface area (Å²) in [4.78, 5) is 0.381. The Morgan fingerprint density at radius 2 is 1.32 bits per heavy atom. The Labute approximate surface area is 115 Å². The van der Waals surface area contributed by atoms with Crippen LogP contribution in [0.15, 0.2) is 4.90 Å². The largest absolute Gasteiger partial charge is 0.396 e. The van der Waals surface area contributed by atoms with E-state index in [2.05, 4.69) is 4.72 Å². The molecule has 0 aliphatic heterocycles. The average Bonchev–Trinajstić information content (AvgIpc) is 2.34.